The van der Waals surface area contributed by atoms with E-state index in [2.05, 4.69) is 16.0 Å². The molecular weight excluding hydrogens is 184 g/mol. The Morgan fingerprint density at radius 3 is 2.67 bits per heavy atom. The van der Waals surface area contributed by atoms with Crippen LogP contribution in [0.15, 0.2) is 48.5 Å². The van der Waals surface area contributed by atoms with E-state index in [-0.39, 0.29) is 0 Å². The highest BCUT2D eigenvalue weighted by atomic mass is 14.9. The van der Waals surface area contributed by atoms with E-state index in [1.165, 1.54) is 0 Å². The minimum Gasteiger partial charge on any atom is -0.338 e. The van der Waals surface area contributed by atoms with Crippen LogP contribution in [0.2, 0.25) is 0 Å². The number of para-hydroxylation sites is 1. The summed E-state index contributed by atoms with van der Waals surface area (Å²) in [6.07, 6.45) is 0. The lowest BCUT2D eigenvalue weighted by molar-refractivity contribution is 1.34. The third-order valence-electron chi connectivity index (χ3n) is 2.36. The van der Waals surface area contributed by atoms with Crippen molar-refractivity contribution in [3.63, 3.8) is 0 Å². The van der Waals surface area contributed by atoms with Gasteiger partial charge in [0, 0.05) is 11.6 Å². The summed E-state index contributed by atoms with van der Waals surface area (Å²) in [5.74, 6) is 0.896. The summed E-state index contributed by atoms with van der Waals surface area (Å²) in [5.41, 5.74) is 3.01. The zero-order chi connectivity index (χ0) is 10.1. The average Bonchev–Trinajstić information content (AvgIpc) is 2.74. The number of aromatic amines is 1. The number of fused-ring (bicyclic) bond motifs is 1. The summed E-state index contributed by atoms with van der Waals surface area (Å²) < 4.78 is 0. The summed E-state index contributed by atoms with van der Waals surface area (Å²) in [6.45, 7) is 0. The number of rotatable bonds is 1. The van der Waals surface area contributed by atoms with Crippen LogP contribution in [-0.4, -0.2) is 9.97 Å². The number of H-pyrrole nitrogens is 1. The second-order valence-corrected chi connectivity index (χ2v) is 3.38. The second kappa shape index (κ2) is 3.24. The Kier molecular flexibility index (Phi) is 1.78. The highest BCUT2D eigenvalue weighted by molar-refractivity contribution is 5.78. The van der Waals surface area contributed by atoms with Crippen molar-refractivity contribution in [1.82, 2.24) is 9.97 Å². The maximum absolute atomic E-state index is 4.47. The highest BCUT2D eigenvalue weighted by Crippen LogP contribution is 2.19. The third-order valence-corrected chi connectivity index (χ3v) is 2.36. The van der Waals surface area contributed by atoms with Gasteiger partial charge < -0.3 is 4.98 Å². The number of hydrogen-bond acceptors (Lipinski definition) is 1. The van der Waals surface area contributed by atoms with Gasteiger partial charge >= 0.3 is 0 Å². The quantitative estimate of drug-likeness (QED) is 0.632. The first-order valence-electron chi connectivity index (χ1n) is 4.85. The molecule has 71 valence electrons. The fourth-order valence-electron chi connectivity index (χ4n) is 1.62. The molecule has 0 saturated heterocycles. The van der Waals surface area contributed by atoms with E-state index >= 15 is 0 Å². The maximum atomic E-state index is 4.47. The summed E-state index contributed by atoms with van der Waals surface area (Å²) in [7, 11) is 0. The lowest BCUT2D eigenvalue weighted by Gasteiger charge is -1.93. The molecule has 0 aliphatic rings. The average molecular weight is 193 g/mol. The van der Waals surface area contributed by atoms with Gasteiger partial charge in [-0.25, -0.2) is 4.98 Å². The van der Waals surface area contributed by atoms with Crippen LogP contribution in [0.4, 0.5) is 0 Å². The fraction of sp³-hybridized carbons (Fsp3) is 0. The van der Waals surface area contributed by atoms with Gasteiger partial charge in [0.15, 0.2) is 0 Å². The maximum Gasteiger partial charge on any atom is 0.138 e. The number of hydrogen-bond donors (Lipinski definition) is 1. The minimum absolute atomic E-state index is 0.886. The number of aromatic nitrogens is 2. The van der Waals surface area contributed by atoms with Gasteiger partial charge in [-0.05, 0) is 6.07 Å². The molecule has 0 bridgehead atoms. The Bertz CT molecular complexity index is 549. The van der Waals surface area contributed by atoms with Crippen LogP contribution in [0.3, 0.4) is 0 Å². The van der Waals surface area contributed by atoms with Crippen LogP contribution in [0.1, 0.15) is 0 Å². The molecule has 2 aromatic carbocycles. The van der Waals surface area contributed by atoms with Crippen molar-refractivity contribution >= 4 is 11.0 Å². The van der Waals surface area contributed by atoms with E-state index in [1.54, 1.807) is 0 Å². The molecule has 1 aromatic heterocycles. The molecule has 2 heteroatoms. The summed E-state index contributed by atoms with van der Waals surface area (Å²) in [4.78, 5) is 7.74. The second-order valence-electron chi connectivity index (χ2n) is 3.38. The van der Waals surface area contributed by atoms with Gasteiger partial charge in [0.05, 0.1) is 11.0 Å². The number of imidazole rings is 1. The minimum atomic E-state index is 0.886. The first-order chi connectivity index (χ1) is 7.43. The monoisotopic (exact) mass is 193 g/mol. The molecule has 3 aromatic rings. The molecule has 2 nitrogen and oxygen atoms in total. The van der Waals surface area contributed by atoms with Crippen molar-refractivity contribution < 1.29 is 0 Å². The predicted molar refractivity (Wildman–Crippen MR) is 60.4 cm³/mol. The Hall–Kier alpha value is -2.09. The van der Waals surface area contributed by atoms with Crippen LogP contribution in [0.25, 0.3) is 22.4 Å². The zero-order valence-corrected chi connectivity index (χ0v) is 8.07. The molecule has 0 unspecified atom stereocenters. The fourth-order valence-corrected chi connectivity index (χ4v) is 1.62. The number of benzene rings is 2. The smallest absolute Gasteiger partial charge is 0.138 e. The summed E-state index contributed by atoms with van der Waals surface area (Å²) in [5, 5.41) is 0. The Morgan fingerprint density at radius 1 is 1.00 bits per heavy atom. The molecule has 1 radical (unpaired) electrons. The van der Waals surface area contributed by atoms with E-state index in [9.17, 15) is 0 Å². The van der Waals surface area contributed by atoms with E-state index in [0.29, 0.717) is 0 Å². The highest BCUT2D eigenvalue weighted by Gasteiger charge is 2.02. The van der Waals surface area contributed by atoms with Crippen molar-refractivity contribution in [2.45, 2.75) is 0 Å². The molecule has 0 amide bonds. The van der Waals surface area contributed by atoms with Crippen molar-refractivity contribution in [2.24, 2.45) is 0 Å². The van der Waals surface area contributed by atoms with Crippen LogP contribution in [0.5, 0.6) is 0 Å². The van der Waals surface area contributed by atoms with Gasteiger partial charge in [0.2, 0.25) is 0 Å². The molecule has 0 atom stereocenters. The van der Waals surface area contributed by atoms with Crippen LogP contribution < -0.4 is 0 Å². The zero-order valence-electron chi connectivity index (χ0n) is 8.07. The standard InChI is InChI=1S/C13H9N2/c1-2-6-10(7-3-1)13-14-11-8-4-5-9-12(11)15-13/h1-8H,(H,14,15). The topological polar surface area (TPSA) is 28.7 Å². The summed E-state index contributed by atoms with van der Waals surface area (Å²) >= 11 is 0. The van der Waals surface area contributed by atoms with Crippen LogP contribution in [-0.2, 0) is 0 Å². The van der Waals surface area contributed by atoms with Gasteiger partial charge in [-0.1, -0.05) is 42.5 Å². The van der Waals surface area contributed by atoms with Crippen LogP contribution >= 0.6 is 0 Å². The van der Waals surface area contributed by atoms with E-state index in [1.807, 2.05) is 48.5 Å². The van der Waals surface area contributed by atoms with Gasteiger partial charge in [-0.2, -0.15) is 0 Å². The lowest BCUT2D eigenvalue weighted by atomic mass is 10.2. The molecular formula is C13H9N2. The molecule has 0 fully saturated rings. The van der Waals surface area contributed by atoms with Crippen molar-refractivity contribution in [2.75, 3.05) is 0 Å². The third kappa shape index (κ3) is 1.40. The van der Waals surface area contributed by atoms with E-state index in [0.717, 1.165) is 22.4 Å². The van der Waals surface area contributed by atoms with E-state index in [4.69, 9.17) is 0 Å². The Balaban J connectivity index is 2.21. The largest absolute Gasteiger partial charge is 0.338 e. The normalized spacial score (nSPS) is 10.7. The van der Waals surface area contributed by atoms with Crippen molar-refractivity contribution in [3.8, 4) is 11.4 Å². The molecule has 0 spiro atoms. The molecule has 0 aliphatic carbocycles. The molecule has 0 saturated carbocycles. The van der Waals surface area contributed by atoms with Crippen molar-refractivity contribution in [1.29, 1.82) is 0 Å². The molecule has 15 heavy (non-hydrogen) atoms. The summed E-state index contributed by atoms with van der Waals surface area (Å²) in [6, 6.07) is 19.0. The predicted octanol–water partition coefficient (Wildman–Crippen LogP) is 3.03. The number of nitrogens with zero attached hydrogens (tertiary/aromatic N) is 1. The first-order valence-corrected chi connectivity index (χ1v) is 4.85. The number of nitrogens with one attached hydrogen (secondary N) is 1. The Labute approximate surface area is 87.6 Å². The van der Waals surface area contributed by atoms with Crippen molar-refractivity contribution in [3.05, 3.63) is 54.6 Å². The van der Waals surface area contributed by atoms with Gasteiger partial charge in [0.25, 0.3) is 0 Å². The van der Waals surface area contributed by atoms with Gasteiger partial charge in [-0.15, -0.1) is 0 Å². The lowest BCUT2D eigenvalue weighted by Crippen LogP contribution is -1.77. The molecule has 0 aliphatic heterocycles. The molecule has 1 heterocycles. The van der Waals surface area contributed by atoms with Crippen LogP contribution in [0, 0.1) is 6.07 Å². The SMILES string of the molecule is [c]1cccc2[nH]c(-c3ccccc3)nc12. The Morgan fingerprint density at radius 2 is 1.87 bits per heavy atom. The van der Waals surface area contributed by atoms with Gasteiger partial charge in [0.1, 0.15) is 5.82 Å². The molecule has 3 rings (SSSR count). The van der Waals surface area contributed by atoms with Gasteiger partial charge in [-0.3, -0.25) is 0 Å². The first kappa shape index (κ1) is 8.24. The van der Waals surface area contributed by atoms with E-state index < -0.39 is 0 Å². The molecule has 1 N–H and O–H groups in total.